The van der Waals surface area contributed by atoms with Crippen LogP contribution in [0.4, 0.5) is 0 Å². The number of rotatable bonds is 6. The molecule has 1 N–H and O–H groups in total. The minimum Gasteiger partial charge on any atom is -0.454 e. The van der Waals surface area contributed by atoms with E-state index >= 15 is 0 Å². The number of aromatic amines is 1. The normalized spacial score (nSPS) is 12.4. The predicted octanol–water partition coefficient (Wildman–Crippen LogP) is 5.59. The van der Waals surface area contributed by atoms with Gasteiger partial charge < -0.3 is 18.9 Å². The molecule has 3 aromatic carbocycles. The molecule has 0 saturated heterocycles. The van der Waals surface area contributed by atoms with Crippen LogP contribution in [0, 0.1) is 0 Å². The van der Waals surface area contributed by atoms with Crippen molar-refractivity contribution in [2.45, 2.75) is 5.22 Å². The molecule has 0 unspecified atom stereocenters. The van der Waals surface area contributed by atoms with Crippen molar-refractivity contribution in [3.63, 3.8) is 0 Å². The van der Waals surface area contributed by atoms with Crippen LogP contribution in [-0.2, 0) is 0 Å². The lowest BCUT2D eigenvalue weighted by atomic mass is 10.0. The summed E-state index contributed by atoms with van der Waals surface area (Å²) in [5, 5.41) is 9.44. The number of ether oxygens (including phenoxy) is 2. The Labute approximate surface area is 192 Å². The highest BCUT2D eigenvalue weighted by molar-refractivity contribution is 7.99. The number of ketones is 1. The highest BCUT2D eigenvalue weighted by Crippen LogP contribution is 2.36. The fourth-order valence-corrected chi connectivity index (χ4v) is 4.50. The van der Waals surface area contributed by atoms with Gasteiger partial charge in [-0.15, -0.1) is 10.2 Å². The molecule has 0 radical (unpaired) electrons. The molecule has 6 rings (SSSR count). The number of hydrogen-bond donors (Lipinski definition) is 1. The Morgan fingerprint density at radius 2 is 1.73 bits per heavy atom. The molecule has 0 atom stereocenters. The van der Waals surface area contributed by atoms with Crippen molar-refractivity contribution in [3.8, 4) is 34.2 Å². The van der Waals surface area contributed by atoms with Gasteiger partial charge in [-0.25, -0.2) is 0 Å². The van der Waals surface area contributed by atoms with Crippen LogP contribution in [0.5, 0.6) is 11.5 Å². The van der Waals surface area contributed by atoms with Crippen molar-refractivity contribution in [2.24, 2.45) is 0 Å². The molecule has 162 valence electrons. The molecule has 2 aromatic heterocycles. The van der Waals surface area contributed by atoms with Crippen LogP contribution in [0.15, 0.2) is 82.4 Å². The maximum atomic E-state index is 13.3. The first-order valence-corrected chi connectivity index (χ1v) is 11.3. The number of para-hydroxylation sites is 1. The smallest absolute Gasteiger partial charge is 0.277 e. The van der Waals surface area contributed by atoms with Crippen LogP contribution in [0.1, 0.15) is 10.4 Å². The van der Waals surface area contributed by atoms with Gasteiger partial charge >= 0.3 is 0 Å². The molecular weight excluding hydrogens is 438 g/mol. The zero-order valence-corrected chi connectivity index (χ0v) is 18.1. The summed E-state index contributed by atoms with van der Waals surface area (Å²) in [7, 11) is 0. The highest BCUT2D eigenvalue weighted by Gasteiger charge is 2.21. The van der Waals surface area contributed by atoms with Crippen LogP contribution < -0.4 is 9.47 Å². The fourth-order valence-electron chi connectivity index (χ4n) is 3.87. The molecule has 0 fully saturated rings. The van der Waals surface area contributed by atoms with Crippen molar-refractivity contribution in [2.75, 3.05) is 12.5 Å². The van der Waals surface area contributed by atoms with Crippen LogP contribution in [0.3, 0.4) is 0 Å². The monoisotopic (exact) mass is 455 g/mol. The minimum atomic E-state index is -0.0147. The van der Waals surface area contributed by atoms with E-state index in [1.807, 2.05) is 60.7 Å². The summed E-state index contributed by atoms with van der Waals surface area (Å²) in [5.74, 6) is 1.85. The van der Waals surface area contributed by atoms with E-state index in [4.69, 9.17) is 13.9 Å². The molecule has 33 heavy (non-hydrogen) atoms. The van der Waals surface area contributed by atoms with Gasteiger partial charge in [0.2, 0.25) is 12.7 Å². The third kappa shape index (κ3) is 3.64. The van der Waals surface area contributed by atoms with Gasteiger partial charge in [0.25, 0.3) is 5.22 Å². The number of aromatic nitrogens is 3. The van der Waals surface area contributed by atoms with Crippen molar-refractivity contribution >= 4 is 28.4 Å². The Kier molecular flexibility index (Phi) is 4.84. The first-order valence-electron chi connectivity index (χ1n) is 10.3. The second kappa shape index (κ2) is 8.14. The second-order valence-electron chi connectivity index (χ2n) is 7.44. The van der Waals surface area contributed by atoms with E-state index in [9.17, 15) is 4.79 Å². The Balaban J connectivity index is 1.25. The molecule has 7 nitrogen and oxygen atoms in total. The quantitative estimate of drug-likeness (QED) is 0.264. The number of benzene rings is 3. The van der Waals surface area contributed by atoms with Crippen LogP contribution >= 0.6 is 11.8 Å². The molecule has 0 spiro atoms. The van der Waals surface area contributed by atoms with Gasteiger partial charge in [0.15, 0.2) is 17.3 Å². The SMILES string of the molecule is O=C(CSc1nnc(-c2ccc3c(c2)OCO3)o1)c1c(-c2ccccc2)[nH]c2ccccc12. The van der Waals surface area contributed by atoms with E-state index in [-0.39, 0.29) is 18.3 Å². The third-order valence-electron chi connectivity index (χ3n) is 5.40. The van der Waals surface area contributed by atoms with Crippen LogP contribution in [-0.4, -0.2) is 33.5 Å². The van der Waals surface area contributed by atoms with E-state index in [1.54, 1.807) is 12.1 Å². The summed E-state index contributed by atoms with van der Waals surface area (Å²) in [4.78, 5) is 16.7. The van der Waals surface area contributed by atoms with E-state index in [0.29, 0.717) is 28.2 Å². The molecule has 8 heteroatoms. The predicted molar refractivity (Wildman–Crippen MR) is 125 cm³/mol. The molecule has 0 saturated carbocycles. The molecule has 1 aliphatic rings. The second-order valence-corrected chi connectivity index (χ2v) is 8.37. The maximum absolute atomic E-state index is 13.3. The zero-order valence-electron chi connectivity index (χ0n) is 17.3. The summed E-state index contributed by atoms with van der Waals surface area (Å²) in [6, 6.07) is 23.1. The lowest BCUT2D eigenvalue weighted by Gasteiger charge is -2.04. The molecule has 0 amide bonds. The molecule has 5 aromatic rings. The zero-order chi connectivity index (χ0) is 22.2. The van der Waals surface area contributed by atoms with Gasteiger partial charge in [-0.05, 0) is 29.8 Å². The standard InChI is InChI=1S/C25H17N3O4S/c29-19(22-17-8-4-5-9-18(17)26-23(22)15-6-2-1-3-7-15)13-33-25-28-27-24(32-25)16-10-11-20-21(12-16)31-14-30-20/h1-12,26H,13-14H2. The average molecular weight is 455 g/mol. The Bertz CT molecular complexity index is 1480. The lowest BCUT2D eigenvalue weighted by Crippen LogP contribution is -2.03. The molecular formula is C25H17N3O4S. The number of carbonyl (C=O) groups excluding carboxylic acids is 1. The van der Waals surface area contributed by atoms with Crippen molar-refractivity contribution < 1.29 is 18.7 Å². The highest BCUT2D eigenvalue weighted by atomic mass is 32.2. The first-order chi connectivity index (χ1) is 16.3. The van der Waals surface area contributed by atoms with Crippen molar-refractivity contribution in [3.05, 3.63) is 78.4 Å². The molecule has 1 aliphatic heterocycles. The van der Waals surface area contributed by atoms with Crippen LogP contribution in [0.2, 0.25) is 0 Å². The number of Topliss-reactive ketones (excluding diaryl/α,β-unsaturated/α-hetero) is 1. The van der Waals surface area contributed by atoms with E-state index in [1.165, 1.54) is 11.8 Å². The van der Waals surface area contributed by atoms with Gasteiger partial charge in [-0.1, -0.05) is 60.3 Å². The van der Waals surface area contributed by atoms with Gasteiger partial charge in [-0.2, -0.15) is 0 Å². The minimum absolute atomic E-state index is 0.0147. The summed E-state index contributed by atoms with van der Waals surface area (Å²) in [6.45, 7) is 0.199. The summed E-state index contributed by atoms with van der Waals surface area (Å²) >= 11 is 1.22. The van der Waals surface area contributed by atoms with Crippen molar-refractivity contribution in [1.29, 1.82) is 0 Å². The summed E-state index contributed by atoms with van der Waals surface area (Å²) in [5.41, 5.74) is 4.10. The fraction of sp³-hybridized carbons (Fsp3) is 0.0800. The molecule has 0 bridgehead atoms. The first kappa shape index (κ1) is 19.6. The number of H-pyrrole nitrogens is 1. The van der Waals surface area contributed by atoms with Gasteiger partial charge in [0.05, 0.1) is 17.0 Å². The number of nitrogens with one attached hydrogen (secondary N) is 1. The number of carbonyl (C=O) groups is 1. The largest absolute Gasteiger partial charge is 0.454 e. The Hall–Kier alpha value is -4.04. The van der Waals surface area contributed by atoms with E-state index in [2.05, 4.69) is 15.2 Å². The summed E-state index contributed by atoms with van der Waals surface area (Å²) in [6.07, 6.45) is 0. The molecule has 0 aliphatic carbocycles. The van der Waals surface area contributed by atoms with Gasteiger partial charge in [0, 0.05) is 16.5 Å². The van der Waals surface area contributed by atoms with Gasteiger partial charge in [-0.3, -0.25) is 4.79 Å². The molecule has 3 heterocycles. The number of fused-ring (bicyclic) bond motifs is 2. The number of hydrogen-bond acceptors (Lipinski definition) is 7. The lowest BCUT2D eigenvalue weighted by molar-refractivity contribution is 0.102. The topological polar surface area (TPSA) is 90.2 Å². The summed E-state index contributed by atoms with van der Waals surface area (Å²) < 4.78 is 16.5. The Morgan fingerprint density at radius 3 is 2.64 bits per heavy atom. The van der Waals surface area contributed by atoms with E-state index in [0.717, 1.165) is 27.7 Å². The average Bonchev–Trinajstić information content (AvgIpc) is 3.60. The van der Waals surface area contributed by atoms with Crippen molar-refractivity contribution in [1.82, 2.24) is 15.2 Å². The van der Waals surface area contributed by atoms with E-state index < -0.39 is 0 Å². The Morgan fingerprint density at radius 1 is 0.909 bits per heavy atom. The number of nitrogens with zero attached hydrogens (tertiary/aromatic N) is 2. The number of thioether (sulfide) groups is 1. The maximum Gasteiger partial charge on any atom is 0.277 e. The van der Waals surface area contributed by atoms with Crippen LogP contribution in [0.25, 0.3) is 33.6 Å². The third-order valence-corrected chi connectivity index (χ3v) is 6.22. The van der Waals surface area contributed by atoms with Gasteiger partial charge in [0.1, 0.15) is 0 Å².